The monoisotopic (exact) mass is 313 g/mol. The number of alkyl halides is 1. The number of carbonyl (C=O) groups is 1. The number of hydrogen-bond acceptors (Lipinski definition) is 5. The first-order valence-electron chi connectivity index (χ1n) is 6.12. The Hall–Kier alpha value is -0.570. The maximum atomic E-state index is 11.9. The van der Waals surface area contributed by atoms with Crippen molar-refractivity contribution < 1.29 is 17.9 Å². The van der Waals surface area contributed by atoms with E-state index in [4.69, 9.17) is 16.3 Å². The number of nitrogens with one attached hydrogen (secondary N) is 1. The van der Waals surface area contributed by atoms with Gasteiger partial charge >= 0.3 is 16.3 Å². The predicted molar refractivity (Wildman–Crippen MR) is 72.4 cm³/mol. The van der Waals surface area contributed by atoms with Gasteiger partial charge in [-0.05, 0) is 13.8 Å². The van der Waals surface area contributed by atoms with Gasteiger partial charge in [0, 0.05) is 38.6 Å². The van der Waals surface area contributed by atoms with Crippen molar-refractivity contribution in [2.24, 2.45) is 0 Å². The van der Waals surface area contributed by atoms with Crippen LogP contribution in [0.25, 0.3) is 0 Å². The van der Waals surface area contributed by atoms with E-state index in [9.17, 15) is 13.2 Å². The highest BCUT2D eigenvalue weighted by atomic mass is 35.5. The molecule has 9 heteroatoms. The highest BCUT2D eigenvalue weighted by Gasteiger charge is 2.28. The highest BCUT2D eigenvalue weighted by Crippen LogP contribution is 2.06. The lowest BCUT2D eigenvalue weighted by molar-refractivity contribution is 0.120. The molecule has 7 nitrogen and oxygen atoms in total. The second-order valence-corrected chi connectivity index (χ2v) is 6.54. The average Bonchev–Trinajstić information content (AvgIpc) is 2.28. The van der Waals surface area contributed by atoms with Crippen LogP contribution in [-0.4, -0.2) is 68.4 Å². The van der Waals surface area contributed by atoms with E-state index in [1.807, 2.05) is 4.72 Å². The number of hydrogen-bond donors (Lipinski definition) is 1. The third kappa shape index (κ3) is 5.52. The van der Waals surface area contributed by atoms with Crippen molar-refractivity contribution in [3.63, 3.8) is 0 Å². The summed E-state index contributed by atoms with van der Waals surface area (Å²) in [5.74, 6) is 0.520. The van der Waals surface area contributed by atoms with Crippen molar-refractivity contribution in [2.75, 3.05) is 38.6 Å². The van der Waals surface area contributed by atoms with E-state index in [2.05, 4.69) is 4.90 Å². The first kappa shape index (κ1) is 16.5. The molecule has 0 saturated carbocycles. The molecule has 0 atom stereocenters. The number of ether oxygens (including phenoxy) is 1. The van der Waals surface area contributed by atoms with Gasteiger partial charge in [0.15, 0.2) is 0 Å². The van der Waals surface area contributed by atoms with Crippen molar-refractivity contribution >= 4 is 27.9 Å². The van der Waals surface area contributed by atoms with Crippen molar-refractivity contribution in [1.82, 2.24) is 13.9 Å². The number of rotatable bonds is 5. The summed E-state index contributed by atoms with van der Waals surface area (Å²) in [5.41, 5.74) is 0. The van der Waals surface area contributed by atoms with Crippen LogP contribution in [0.3, 0.4) is 0 Å². The summed E-state index contributed by atoms with van der Waals surface area (Å²) < 4.78 is 31.7. The smallest absolute Gasteiger partial charge is 0.422 e. The van der Waals surface area contributed by atoms with Gasteiger partial charge in [0.1, 0.15) is 0 Å². The summed E-state index contributed by atoms with van der Waals surface area (Å²) >= 11 is 5.63. The fraction of sp³-hybridized carbons (Fsp3) is 0.900. The van der Waals surface area contributed by atoms with E-state index < -0.39 is 16.3 Å². The quantitative estimate of drug-likeness (QED) is 0.735. The number of halogens is 1. The molecule has 0 aromatic carbocycles. The molecule has 1 heterocycles. The van der Waals surface area contributed by atoms with Crippen LogP contribution in [0, 0.1) is 0 Å². The zero-order valence-corrected chi connectivity index (χ0v) is 12.7. The molecule has 0 aromatic heterocycles. The van der Waals surface area contributed by atoms with Gasteiger partial charge in [-0.1, -0.05) is 0 Å². The van der Waals surface area contributed by atoms with Crippen LogP contribution in [0.2, 0.25) is 0 Å². The minimum Gasteiger partial charge on any atom is -0.446 e. The Labute approximate surface area is 119 Å². The SMILES string of the molecule is CC(C)OC(=O)NS(=O)(=O)N1CCN(CCCl)CC1. The molecule has 0 radical (unpaired) electrons. The number of amides is 1. The fourth-order valence-electron chi connectivity index (χ4n) is 1.72. The normalized spacial score (nSPS) is 18.5. The second kappa shape index (κ2) is 7.28. The van der Waals surface area contributed by atoms with Crippen LogP contribution in [0.5, 0.6) is 0 Å². The molecule has 0 unspecified atom stereocenters. The number of carbonyl (C=O) groups excluding carboxylic acids is 1. The molecule has 1 fully saturated rings. The van der Waals surface area contributed by atoms with Gasteiger partial charge in [-0.15, -0.1) is 11.6 Å². The number of nitrogens with zero attached hydrogens (tertiary/aromatic N) is 2. The molecule has 112 valence electrons. The van der Waals surface area contributed by atoms with Crippen molar-refractivity contribution in [3.8, 4) is 0 Å². The van der Waals surface area contributed by atoms with Crippen LogP contribution in [0.1, 0.15) is 13.8 Å². The van der Waals surface area contributed by atoms with Gasteiger partial charge in [0.05, 0.1) is 6.10 Å². The van der Waals surface area contributed by atoms with E-state index in [1.165, 1.54) is 4.31 Å². The first-order chi connectivity index (χ1) is 8.85. The van der Waals surface area contributed by atoms with E-state index in [0.717, 1.165) is 6.54 Å². The zero-order valence-electron chi connectivity index (χ0n) is 11.1. The van der Waals surface area contributed by atoms with Gasteiger partial charge in [0.2, 0.25) is 0 Å². The minimum atomic E-state index is -3.82. The van der Waals surface area contributed by atoms with Crippen LogP contribution >= 0.6 is 11.6 Å². The van der Waals surface area contributed by atoms with Crippen LogP contribution in [-0.2, 0) is 14.9 Å². The molecule has 1 N–H and O–H groups in total. The summed E-state index contributed by atoms with van der Waals surface area (Å²) in [7, 11) is -3.82. The Kier molecular flexibility index (Phi) is 6.31. The summed E-state index contributed by atoms with van der Waals surface area (Å²) in [4.78, 5) is 13.4. The summed E-state index contributed by atoms with van der Waals surface area (Å²) in [5, 5.41) is 0. The van der Waals surface area contributed by atoms with E-state index in [0.29, 0.717) is 32.1 Å². The van der Waals surface area contributed by atoms with Gasteiger partial charge in [-0.2, -0.15) is 12.7 Å². The standard InChI is InChI=1S/C10H20ClN3O4S/c1-9(2)18-10(15)12-19(16,17)14-7-5-13(4-3-11)6-8-14/h9H,3-8H2,1-2H3,(H,12,15). The van der Waals surface area contributed by atoms with Gasteiger partial charge in [0.25, 0.3) is 0 Å². The Morgan fingerprint density at radius 3 is 2.37 bits per heavy atom. The first-order valence-corrected chi connectivity index (χ1v) is 8.09. The Bertz CT molecular complexity index is 394. The van der Waals surface area contributed by atoms with Gasteiger partial charge in [-0.3, -0.25) is 4.90 Å². The lowest BCUT2D eigenvalue weighted by atomic mass is 10.4. The zero-order chi connectivity index (χ0) is 14.5. The molecule has 1 rings (SSSR count). The third-order valence-corrected chi connectivity index (χ3v) is 4.27. The Morgan fingerprint density at radius 1 is 1.32 bits per heavy atom. The van der Waals surface area contributed by atoms with Crippen molar-refractivity contribution in [3.05, 3.63) is 0 Å². The predicted octanol–water partition coefficient (Wildman–Crippen LogP) is 0.222. The largest absolute Gasteiger partial charge is 0.446 e. The van der Waals surface area contributed by atoms with E-state index in [-0.39, 0.29) is 6.10 Å². The molecule has 1 saturated heterocycles. The van der Waals surface area contributed by atoms with Crippen LogP contribution in [0.15, 0.2) is 0 Å². The second-order valence-electron chi connectivity index (χ2n) is 4.49. The van der Waals surface area contributed by atoms with Gasteiger partial charge in [-0.25, -0.2) is 9.52 Å². The van der Waals surface area contributed by atoms with E-state index >= 15 is 0 Å². The summed E-state index contributed by atoms with van der Waals surface area (Å²) in [6.07, 6.45) is -1.31. The maximum absolute atomic E-state index is 11.9. The molecule has 0 spiro atoms. The molecule has 1 aliphatic heterocycles. The van der Waals surface area contributed by atoms with Gasteiger partial charge < -0.3 is 4.74 Å². The van der Waals surface area contributed by atoms with Crippen molar-refractivity contribution in [1.29, 1.82) is 0 Å². The van der Waals surface area contributed by atoms with Crippen LogP contribution in [0.4, 0.5) is 4.79 Å². The summed E-state index contributed by atoms with van der Waals surface area (Å²) in [6, 6.07) is 0. The molecule has 0 aliphatic carbocycles. The molecule has 19 heavy (non-hydrogen) atoms. The summed E-state index contributed by atoms with van der Waals surface area (Å²) in [6.45, 7) is 5.91. The minimum absolute atomic E-state index is 0.335. The maximum Gasteiger partial charge on any atom is 0.422 e. The Morgan fingerprint density at radius 2 is 1.89 bits per heavy atom. The van der Waals surface area contributed by atoms with Crippen LogP contribution < -0.4 is 4.72 Å². The topological polar surface area (TPSA) is 78.9 Å². The average molecular weight is 314 g/mol. The van der Waals surface area contributed by atoms with E-state index in [1.54, 1.807) is 13.8 Å². The molecule has 0 bridgehead atoms. The fourth-order valence-corrected chi connectivity index (χ4v) is 2.99. The Balaban J connectivity index is 2.48. The lowest BCUT2D eigenvalue weighted by Crippen LogP contribution is -2.53. The lowest BCUT2D eigenvalue weighted by Gasteiger charge is -2.33. The molecule has 1 amide bonds. The molecule has 0 aromatic rings. The van der Waals surface area contributed by atoms with Crippen molar-refractivity contribution in [2.45, 2.75) is 20.0 Å². The third-order valence-electron chi connectivity index (χ3n) is 2.63. The molecule has 1 aliphatic rings. The molecular formula is C10H20ClN3O4S. The molecular weight excluding hydrogens is 294 g/mol. The number of piperazine rings is 1. The highest BCUT2D eigenvalue weighted by molar-refractivity contribution is 7.87.